The van der Waals surface area contributed by atoms with E-state index >= 15 is 0 Å². The average molecular weight is 365 g/mol. The fourth-order valence-electron chi connectivity index (χ4n) is 2.04. The maximum Gasteiger partial charge on any atom is 0.343 e. The predicted molar refractivity (Wildman–Crippen MR) is 89.8 cm³/mol. The first kappa shape index (κ1) is 18.5. The second-order valence-corrected chi connectivity index (χ2v) is 5.56. The van der Waals surface area contributed by atoms with Gasteiger partial charge in [-0.2, -0.15) is 5.10 Å². The lowest BCUT2D eigenvalue weighted by molar-refractivity contribution is -0.129. The number of hydrogen-bond acceptors (Lipinski definition) is 5. The molecule has 0 saturated carbocycles. The quantitative estimate of drug-likeness (QED) is 0.613. The molecule has 2 amide bonds. The SMILES string of the molecule is CC(=O)NNC(=O)COC(=O)c1c(C)nn(Cc2ccccc2)c1Cl. The van der Waals surface area contributed by atoms with E-state index in [4.69, 9.17) is 16.3 Å². The normalized spacial score (nSPS) is 10.2. The summed E-state index contributed by atoms with van der Waals surface area (Å²) in [6.45, 7) is 2.70. The monoisotopic (exact) mass is 364 g/mol. The second kappa shape index (κ2) is 8.29. The maximum absolute atomic E-state index is 12.2. The van der Waals surface area contributed by atoms with Gasteiger partial charge in [-0.3, -0.25) is 20.4 Å². The van der Waals surface area contributed by atoms with Crippen LogP contribution in [0.3, 0.4) is 0 Å². The summed E-state index contributed by atoms with van der Waals surface area (Å²) in [5.41, 5.74) is 5.65. The minimum atomic E-state index is -0.764. The molecule has 8 nitrogen and oxygen atoms in total. The zero-order valence-corrected chi connectivity index (χ0v) is 14.5. The Morgan fingerprint density at radius 1 is 1.20 bits per heavy atom. The van der Waals surface area contributed by atoms with Gasteiger partial charge in [-0.1, -0.05) is 41.9 Å². The van der Waals surface area contributed by atoms with Crippen molar-refractivity contribution in [1.82, 2.24) is 20.6 Å². The van der Waals surface area contributed by atoms with Gasteiger partial charge >= 0.3 is 5.97 Å². The van der Waals surface area contributed by atoms with E-state index in [2.05, 4.69) is 16.0 Å². The number of halogens is 1. The van der Waals surface area contributed by atoms with E-state index in [-0.39, 0.29) is 10.7 Å². The summed E-state index contributed by atoms with van der Waals surface area (Å²) < 4.78 is 6.39. The Bertz CT molecular complexity index is 789. The first-order chi connectivity index (χ1) is 11.9. The summed E-state index contributed by atoms with van der Waals surface area (Å²) in [7, 11) is 0. The van der Waals surface area contributed by atoms with Crippen molar-refractivity contribution in [3.63, 3.8) is 0 Å². The number of ether oxygens (including phenoxy) is 1. The Morgan fingerprint density at radius 2 is 1.88 bits per heavy atom. The number of hydrazine groups is 1. The van der Waals surface area contributed by atoms with Crippen LogP contribution in [0.2, 0.25) is 5.15 Å². The van der Waals surface area contributed by atoms with Crippen LogP contribution in [0.1, 0.15) is 28.5 Å². The summed E-state index contributed by atoms with van der Waals surface area (Å²) in [5.74, 6) is -1.88. The summed E-state index contributed by atoms with van der Waals surface area (Å²) >= 11 is 6.23. The second-order valence-electron chi connectivity index (χ2n) is 5.20. The van der Waals surface area contributed by atoms with E-state index in [9.17, 15) is 14.4 Å². The molecule has 0 fully saturated rings. The highest BCUT2D eigenvalue weighted by Gasteiger charge is 2.22. The van der Waals surface area contributed by atoms with Crippen molar-refractivity contribution < 1.29 is 19.1 Å². The van der Waals surface area contributed by atoms with Crippen molar-refractivity contribution in [3.8, 4) is 0 Å². The lowest BCUT2D eigenvalue weighted by Crippen LogP contribution is -2.42. The van der Waals surface area contributed by atoms with Gasteiger partial charge < -0.3 is 4.74 Å². The Morgan fingerprint density at radius 3 is 2.52 bits per heavy atom. The number of rotatable bonds is 5. The number of carbonyl (C=O) groups excluding carboxylic acids is 3. The van der Waals surface area contributed by atoms with Gasteiger partial charge in [0.25, 0.3) is 5.91 Å². The molecular weight excluding hydrogens is 348 g/mol. The summed E-state index contributed by atoms with van der Waals surface area (Å²) in [4.78, 5) is 34.3. The van der Waals surface area contributed by atoms with Gasteiger partial charge in [0.1, 0.15) is 10.7 Å². The molecular formula is C16H17ClN4O4. The number of aromatic nitrogens is 2. The minimum Gasteiger partial charge on any atom is -0.452 e. The summed E-state index contributed by atoms with van der Waals surface area (Å²) in [6, 6.07) is 9.51. The summed E-state index contributed by atoms with van der Waals surface area (Å²) in [5, 5.41) is 4.37. The molecule has 1 heterocycles. The molecule has 132 valence electrons. The molecule has 0 unspecified atom stereocenters. The fourth-order valence-corrected chi connectivity index (χ4v) is 2.35. The van der Waals surface area contributed by atoms with E-state index < -0.39 is 24.4 Å². The molecule has 25 heavy (non-hydrogen) atoms. The van der Waals surface area contributed by atoms with E-state index in [0.717, 1.165) is 5.56 Å². The fraction of sp³-hybridized carbons (Fsp3) is 0.250. The number of nitrogens with one attached hydrogen (secondary N) is 2. The third-order valence-corrected chi connectivity index (χ3v) is 3.54. The number of amides is 2. The molecule has 0 aliphatic carbocycles. The number of esters is 1. The number of carbonyl (C=O) groups is 3. The van der Waals surface area contributed by atoms with Crippen molar-refractivity contribution >= 4 is 29.4 Å². The van der Waals surface area contributed by atoms with Crippen LogP contribution in [-0.2, 0) is 20.9 Å². The van der Waals surface area contributed by atoms with Gasteiger partial charge in [-0.15, -0.1) is 0 Å². The van der Waals surface area contributed by atoms with Crippen molar-refractivity contribution in [2.24, 2.45) is 0 Å². The van der Waals surface area contributed by atoms with Gasteiger partial charge in [0.2, 0.25) is 5.91 Å². The van der Waals surface area contributed by atoms with Crippen molar-refractivity contribution in [3.05, 3.63) is 52.3 Å². The zero-order valence-electron chi connectivity index (χ0n) is 13.7. The molecule has 0 bridgehead atoms. The Balaban J connectivity index is 2.02. The van der Waals surface area contributed by atoms with Crippen molar-refractivity contribution in [1.29, 1.82) is 0 Å². The molecule has 0 spiro atoms. The van der Waals surface area contributed by atoms with Crippen molar-refractivity contribution in [2.45, 2.75) is 20.4 Å². The molecule has 0 saturated heterocycles. The summed E-state index contributed by atoms with van der Waals surface area (Å²) in [6.07, 6.45) is 0. The molecule has 2 N–H and O–H groups in total. The third kappa shape index (κ3) is 5.05. The van der Waals surface area contributed by atoms with Crippen LogP contribution < -0.4 is 10.9 Å². The standard InChI is InChI=1S/C16H17ClN4O4/c1-10-14(16(24)25-9-13(23)19-18-11(2)22)15(17)21(20-10)8-12-6-4-3-5-7-12/h3-7H,8-9H2,1-2H3,(H,18,22)(H,19,23). The molecule has 1 aromatic carbocycles. The molecule has 0 aliphatic heterocycles. The largest absolute Gasteiger partial charge is 0.452 e. The highest BCUT2D eigenvalue weighted by molar-refractivity contribution is 6.32. The van der Waals surface area contributed by atoms with Crippen LogP contribution >= 0.6 is 11.6 Å². The Hall–Kier alpha value is -2.87. The molecule has 0 radical (unpaired) electrons. The van der Waals surface area contributed by atoms with Gasteiger partial charge in [-0.05, 0) is 12.5 Å². The minimum absolute atomic E-state index is 0.102. The Labute approximate surface area is 149 Å². The van der Waals surface area contributed by atoms with E-state index in [1.807, 2.05) is 30.3 Å². The maximum atomic E-state index is 12.2. The predicted octanol–water partition coefficient (Wildman–Crippen LogP) is 1.22. The van der Waals surface area contributed by atoms with Gasteiger partial charge in [0.05, 0.1) is 12.2 Å². The molecule has 1 aromatic heterocycles. The third-order valence-electron chi connectivity index (χ3n) is 3.16. The smallest absolute Gasteiger partial charge is 0.343 e. The Kier molecular flexibility index (Phi) is 6.13. The van der Waals surface area contributed by atoms with E-state index in [1.165, 1.54) is 11.6 Å². The number of benzene rings is 1. The molecule has 9 heteroatoms. The van der Waals surface area contributed by atoms with Crippen LogP contribution in [0.25, 0.3) is 0 Å². The molecule has 0 aliphatic rings. The molecule has 2 aromatic rings. The molecule has 2 rings (SSSR count). The number of nitrogens with zero attached hydrogens (tertiary/aromatic N) is 2. The lowest BCUT2D eigenvalue weighted by atomic mass is 10.2. The number of hydrogen-bond donors (Lipinski definition) is 2. The van der Waals surface area contributed by atoms with Crippen molar-refractivity contribution in [2.75, 3.05) is 6.61 Å². The number of aryl methyl sites for hydroxylation is 1. The van der Waals surface area contributed by atoms with Crippen LogP contribution in [-0.4, -0.2) is 34.2 Å². The van der Waals surface area contributed by atoms with E-state index in [0.29, 0.717) is 12.2 Å². The van der Waals surface area contributed by atoms with Gasteiger partial charge in [-0.25, -0.2) is 9.48 Å². The molecule has 0 atom stereocenters. The first-order valence-electron chi connectivity index (χ1n) is 7.38. The zero-order chi connectivity index (χ0) is 18.4. The van der Waals surface area contributed by atoms with Crippen LogP contribution in [0.5, 0.6) is 0 Å². The van der Waals surface area contributed by atoms with Gasteiger partial charge in [0, 0.05) is 6.92 Å². The van der Waals surface area contributed by atoms with Crippen LogP contribution in [0.4, 0.5) is 0 Å². The average Bonchev–Trinajstić information content (AvgIpc) is 2.85. The highest BCUT2D eigenvalue weighted by atomic mass is 35.5. The van der Waals surface area contributed by atoms with E-state index in [1.54, 1.807) is 6.92 Å². The highest BCUT2D eigenvalue weighted by Crippen LogP contribution is 2.21. The van der Waals surface area contributed by atoms with Crippen LogP contribution in [0, 0.1) is 6.92 Å². The first-order valence-corrected chi connectivity index (χ1v) is 7.75. The lowest BCUT2D eigenvalue weighted by Gasteiger charge is -2.06. The van der Waals surface area contributed by atoms with Gasteiger partial charge in [0.15, 0.2) is 6.61 Å². The van der Waals surface area contributed by atoms with Crippen LogP contribution in [0.15, 0.2) is 30.3 Å². The topological polar surface area (TPSA) is 102 Å².